The van der Waals surface area contributed by atoms with Crippen molar-refractivity contribution in [3.8, 4) is 5.75 Å². The largest absolute Gasteiger partial charge is 0.482 e. The Bertz CT molecular complexity index is 1120. The van der Waals surface area contributed by atoms with Gasteiger partial charge in [0.05, 0.1) is 17.0 Å². The summed E-state index contributed by atoms with van der Waals surface area (Å²) in [5, 5.41) is 11.5. The Morgan fingerprint density at radius 3 is 2.66 bits per heavy atom. The Morgan fingerprint density at radius 1 is 1.25 bits per heavy atom. The number of thioether (sulfide) groups is 1. The normalized spacial score (nSPS) is 12.5. The van der Waals surface area contributed by atoms with Gasteiger partial charge in [-0.3, -0.25) is 4.79 Å². The van der Waals surface area contributed by atoms with Gasteiger partial charge in [-0.2, -0.15) is 13.2 Å². The summed E-state index contributed by atoms with van der Waals surface area (Å²) >= 11 is 7.03. The topological polar surface area (TPSA) is 69.0 Å². The summed E-state index contributed by atoms with van der Waals surface area (Å²) in [6, 6.07) is 10.1. The van der Waals surface area contributed by atoms with Crippen molar-refractivity contribution in [2.75, 3.05) is 11.1 Å². The number of nitrogens with one attached hydrogen (secondary N) is 1. The zero-order valence-corrected chi connectivity index (χ0v) is 19.0. The molecule has 0 aliphatic carbocycles. The Kier molecular flexibility index (Phi) is 7.35. The molecule has 0 radical (unpaired) electrons. The number of benzene rings is 2. The van der Waals surface area contributed by atoms with Gasteiger partial charge in [0.1, 0.15) is 5.75 Å². The van der Waals surface area contributed by atoms with Gasteiger partial charge in [0, 0.05) is 12.1 Å². The molecule has 11 heteroatoms. The van der Waals surface area contributed by atoms with Crippen LogP contribution >= 0.6 is 23.4 Å². The summed E-state index contributed by atoms with van der Waals surface area (Å²) in [6.07, 6.45) is -5.00. The average Bonchev–Trinajstić information content (AvgIpc) is 3.08. The smallest absolute Gasteiger partial charge is 0.418 e. The van der Waals surface area contributed by atoms with Crippen molar-refractivity contribution < 1.29 is 22.7 Å². The molecule has 2 aromatic carbocycles. The van der Waals surface area contributed by atoms with Gasteiger partial charge in [0.2, 0.25) is 5.91 Å². The Balaban J connectivity index is 1.63. The molecule has 3 aromatic rings. The van der Waals surface area contributed by atoms with E-state index in [-0.39, 0.29) is 11.4 Å². The second kappa shape index (κ2) is 9.83. The van der Waals surface area contributed by atoms with Gasteiger partial charge in [0.15, 0.2) is 17.1 Å². The number of halogens is 4. The molecular weight excluding hydrogens is 465 g/mol. The average molecular weight is 485 g/mol. The van der Waals surface area contributed by atoms with Gasteiger partial charge < -0.3 is 14.6 Å². The van der Waals surface area contributed by atoms with Crippen molar-refractivity contribution in [2.45, 2.75) is 31.3 Å². The molecule has 0 spiro atoms. The van der Waals surface area contributed by atoms with E-state index in [1.54, 1.807) is 29.8 Å². The van der Waals surface area contributed by atoms with Gasteiger partial charge in [-0.1, -0.05) is 35.5 Å². The van der Waals surface area contributed by atoms with Gasteiger partial charge in [-0.05, 0) is 49.7 Å². The summed E-state index contributed by atoms with van der Waals surface area (Å²) in [5.74, 6) is 0.466. The number of amides is 1. The summed E-state index contributed by atoms with van der Waals surface area (Å²) in [5.41, 5.74) is -0.315. The lowest BCUT2D eigenvalue weighted by atomic mass is 10.1. The van der Waals surface area contributed by atoms with Gasteiger partial charge in [-0.25, -0.2) is 0 Å². The standard InChI is InChI=1S/C21H20ClF3N4O2S/c1-12-10-14(22)8-9-17(12)31-13(2)19-27-28-20(29(19)3)32-11-18(30)26-16-7-5-4-6-15(16)21(23,24)25/h4-10,13H,11H2,1-3H3,(H,26,30). The van der Waals surface area contributed by atoms with E-state index in [4.69, 9.17) is 16.3 Å². The molecule has 0 aliphatic rings. The minimum absolute atomic E-state index is 0.135. The molecule has 0 aliphatic heterocycles. The van der Waals surface area contributed by atoms with Crippen LogP contribution in [-0.2, 0) is 18.0 Å². The molecule has 1 aromatic heterocycles. The van der Waals surface area contributed by atoms with E-state index in [0.29, 0.717) is 21.8 Å². The van der Waals surface area contributed by atoms with Crippen LogP contribution in [0.5, 0.6) is 5.75 Å². The summed E-state index contributed by atoms with van der Waals surface area (Å²) in [6.45, 7) is 3.69. The quantitative estimate of drug-likeness (QED) is 0.438. The van der Waals surface area contributed by atoms with Crippen molar-refractivity contribution in [2.24, 2.45) is 7.05 Å². The second-order valence-electron chi connectivity index (χ2n) is 6.95. The molecule has 32 heavy (non-hydrogen) atoms. The van der Waals surface area contributed by atoms with Crippen molar-refractivity contribution >= 4 is 35.0 Å². The predicted octanol–water partition coefficient (Wildman–Crippen LogP) is 5.67. The van der Waals surface area contributed by atoms with Crippen LogP contribution in [0.25, 0.3) is 0 Å². The third kappa shape index (κ3) is 5.74. The van der Waals surface area contributed by atoms with Crippen LogP contribution in [-0.4, -0.2) is 26.4 Å². The van der Waals surface area contributed by atoms with E-state index in [9.17, 15) is 18.0 Å². The maximum absolute atomic E-state index is 13.1. The van der Waals surface area contributed by atoms with Gasteiger partial charge >= 0.3 is 6.18 Å². The molecule has 3 rings (SSSR count). The maximum atomic E-state index is 13.1. The molecule has 0 saturated carbocycles. The fraction of sp³-hybridized carbons (Fsp3) is 0.286. The molecule has 1 unspecified atom stereocenters. The number of aromatic nitrogens is 3. The highest BCUT2D eigenvalue weighted by atomic mass is 35.5. The number of aryl methyl sites for hydroxylation is 1. The number of nitrogens with zero attached hydrogens (tertiary/aromatic N) is 3. The van der Waals surface area contributed by atoms with Crippen molar-refractivity contribution in [1.82, 2.24) is 14.8 Å². The van der Waals surface area contributed by atoms with E-state index in [1.165, 1.54) is 18.2 Å². The molecule has 0 fully saturated rings. The first-order valence-electron chi connectivity index (χ1n) is 9.47. The number of para-hydroxylation sites is 1. The molecule has 1 heterocycles. The van der Waals surface area contributed by atoms with Gasteiger partial charge in [-0.15, -0.1) is 10.2 Å². The van der Waals surface area contributed by atoms with Crippen LogP contribution in [0.4, 0.5) is 18.9 Å². The first-order valence-corrected chi connectivity index (χ1v) is 10.8. The highest BCUT2D eigenvalue weighted by Crippen LogP contribution is 2.34. The third-order valence-corrected chi connectivity index (χ3v) is 5.77. The summed E-state index contributed by atoms with van der Waals surface area (Å²) in [4.78, 5) is 12.2. The van der Waals surface area contributed by atoms with Crippen LogP contribution in [0.3, 0.4) is 0 Å². The van der Waals surface area contributed by atoms with E-state index in [1.807, 2.05) is 13.8 Å². The number of alkyl halides is 3. The minimum Gasteiger partial charge on any atom is -0.482 e. The molecule has 170 valence electrons. The highest BCUT2D eigenvalue weighted by molar-refractivity contribution is 7.99. The monoisotopic (exact) mass is 484 g/mol. The SMILES string of the molecule is Cc1cc(Cl)ccc1OC(C)c1nnc(SCC(=O)Nc2ccccc2C(F)(F)F)n1C. The Hall–Kier alpha value is -2.72. The first kappa shape index (κ1) is 23.9. The minimum atomic E-state index is -4.56. The fourth-order valence-electron chi connectivity index (χ4n) is 2.95. The number of ether oxygens (including phenoxy) is 1. The number of carbonyl (C=O) groups is 1. The lowest BCUT2D eigenvalue weighted by molar-refractivity contribution is -0.137. The van der Waals surface area contributed by atoms with Crippen LogP contribution in [0, 0.1) is 6.92 Å². The number of rotatable bonds is 7. The molecule has 0 saturated heterocycles. The Morgan fingerprint density at radius 2 is 1.97 bits per heavy atom. The second-order valence-corrected chi connectivity index (χ2v) is 8.33. The van der Waals surface area contributed by atoms with E-state index >= 15 is 0 Å². The van der Waals surface area contributed by atoms with E-state index < -0.39 is 23.8 Å². The van der Waals surface area contributed by atoms with E-state index in [0.717, 1.165) is 23.4 Å². The van der Waals surface area contributed by atoms with Crippen LogP contribution in [0.1, 0.15) is 30.0 Å². The summed E-state index contributed by atoms with van der Waals surface area (Å²) < 4.78 is 46.9. The lowest BCUT2D eigenvalue weighted by Gasteiger charge is -2.16. The van der Waals surface area contributed by atoms with E-state index in [2.05, 4.69) is 15.5 Å². The molecule has 0 bridgehead atoms. The fourth-order valence-corrected chi connectivity index (χ4v) is 3.89. The van der Waals surface area contributed by atoms with Crippen LogP contribution < -0.4 is 10.1 Å². The number of hydrogen-bond donors (Lipinski definition) is 1. The Labute approximate surface area is 192 Å². The number of anilines is 1. The zero-order valence-electron chi connectivity index (χ0n) is 17.4. The summed E-state index contributed by atoms with van der Waals surface area (Å²) in [7, 11) is 1.73. The maximum Gasteiger partial charge on any atom is 0.418 e. The molecule has 6 nitrogen and oxygen atoms in total. The van der Waals surface area contributed by atoms with Crippen molar-refractivity contribution in [3.05, 3.63) is 64.4 Å². The predicted molar refractivity (Wildman–Crippen MR) is 117 cm³/mol. The third-order valence-electron chi connectivity index (χ3n) is 4.51. The highest BCUT2D eigenvalue weighted by Gasteiger charge is 2.33. The lowest BCUT2D eigenvalue weighted by Crippen LogP contribution is -2.18. The molecule has 1 atom stereocenters. The van der Waals surface area contributed by atoms with Crippen LogP contribution in [0.15, 0.2) is 47.6 Å². The molecular formula is C21H20ClF3N4O2S. The van der Waals surface area contributed by atoms with Crippen molar-refractivity contribution in [1.29, 1.82) is 0 Å². The number of carbonyl (C=O) groups excluding carboxylic acids is 1. The molecule has 1 N–H and O–H groups in total. The number of hydrogen-bond acceptors (Lipinski definition) is 5. The first-order chi connectivity index (χ1) is 15.1. The van der Waals surface area contributed by atoms with Crippen LogP contribution in [0.2, 0.25) is 5.02 Å². The van der Waals surface area contributed by atoms with Gasteiger partial charge in [0.25, 0.3) is 0 Å². The zero-order chi connectivity index (χ0) is 23.5. The van der Waals surface area contributed by atoms with Crippen molar-refractivity contribution in [3.63, 3.8) is 0 Å². The molecule has 1 amide bonds.